The Morgan fingerprint density at radius 1 is 0.893 bits per heavy atom. The highest BCUT2D eigenvalue weighted by Crippen LogP contribution is 2.31. The summed E-state index contributed by atoms with van der Waals surface area (Å²) in [6.45, 7) is 6.36. The van der Waals surface area contributed by atoms with Crippen LogP contribution in [0.2, 0.25) is 0 Å². The predicted octanol–water partition coefficient (Wildman–Crippen LogP) is 4.24. The molecule has 28 heavy (non-hydrogen) atoms. The minimum absolute atomic E-state index is 0.141. The fraction of sp³-hybridized carbons (Fsp3) is 0.739. The molecule has 0 aromatic carbocycles. The van der Waals surface area contributed by atoms with Gasteiger partial charge in [0.05, 0.1) is 0 Å². The summed E-state index contributed by atoms with van der Waals surface area (Å²) >= 11 is 0. The van der Waals surface area contributed by atoms with Crippen LogP contribution in [-0.2, 0) is 19.2 Å². The maximum Gasteiger partial charge on any atom is 0.253 e. The van der Waals surface area contributed by atoms with E-state index in [0.29, 0.717) is 36.9 Å². The lowest BCUT2D eigenvalue weighted by Crippen LogP contribution is -2.36. The second kappa shape index (κ2) is 10.1. The Kier molecular flexibility index (Phi) is 8.14. The number of amides is 2. The van der Waals surface area contributed by atoms with Crippen molar-refractivity contribution < 1.29 is 19.2 Å². The van der Waals surface area contributed by atoms with Crippen molar-refractivity contribution in [2.24, 2.45) is 17.3 Å². The molecular weight excluding hydrogens is 354 g/mol. The number of unbranched alkanes of at least 4 members (excludes halogenated alkanes) is 3. The fourth-order valence-corrected chi connectivity index (χ4v) is 4.05. The number of carbonyl (C=O) groups excluding carboxylic acids is 4. The molecule has 1 aliphatic heterocycles. The van der Waals surface area contributed by atoms with Gasteiger partial charge in [-0.3, -0.25) is 24.1 Å². The smallest absolute Gasteiger partial charge is 0.253 e. The first-order chi connectivity index (χ1) is 13.2. The topological polar surface area (TPSA) is 71.5 Å². The second-order valence-corrected chi connectivity index (χ2v) is 9.39. The number of nitrogens with zero attached hydrogens (tertiary/aromatic N) is 1. The molecule has 1 saturated carbocycles. The Bertz CT molecular complexity index is 603. The summed E-state index contributed by atoms with van der Waals surface area (Å²) in [6.07, 6.45) is 11.3. The van der Waals surface area contributed by atoms with Crippen LogP contribution >= 0.6 is 0 Å². The van der Waals surface area contributed by atoms with E-state index in [0.717, 1.165) is 51.4 Å². The van der Waals surface area contributed by atoms with Gasteiger partial charge in [0.2, 0.25) is 0 Å². The van der Waals surface area contributed by atoms with Gasteiger partial charge in [0, 0.05) is 42.9 Å². The van der Waals surface area contributed by atoms with Crippen molar-refractivity contribution in [1.82, 2.24) is 4.90 Å². The number of carbonyl (C=O) groups is 4. The standard InChI is InChI=1S/C23H35NO4/c1-23(2,3)20(26)9-7-5-4-6-8-19(25)18-12-10-17(11-13-18)16-24-21(27)14-15-22(24)28/h14-15,17-18H,4-13,16H2,1-3H3. The lowest BCUT2D eigenvalue weighted by atomic mass is 9.79. The van der Waals surface area contributed by atoms with Gasteiger partial charge >= 0.3 is 0 Å². The van der Waals surface area contributed by atoms with Crippen LogP contribution in [0.1, 0.15) is 85.0 Å². The summed E-state index contributed by atoms with van der Waals surface area (Å²) in [5.74, 6) is 0.700. The molecule has 0 aromatic rings. The normalized spacial score (nSPS) is 22.8. The molecule has 5 nitrogen and oxygen atoms in total. The van der Waals surface area contributed by atoms with Crippen LogP contribution in [0.3, 0.4) is 0 Å². The lowest BCUT2D eigenvalue weighted by Gasteiger charge is -2.30. The summed E-state index contributed by atoms with van der Waals surface area (Å²) in [7, 11) is 0. The third kappa shape index (κ3) is 6.68. The molecule has 0 saturated heterocycles. The highest BCUT2D eigenvalue weighted by molar-refractivity contribution is 6.12. The molecule has 0 radical (unpaired) electrons. The molecule has 0 unspecified atom stereocenters. The van der Waals surface area contributed by atoms with Crippen LogP contribution < -0.4 is 0 Å². The minimum Gasteiger partial charge on any atom is -0.299 e. The molecule has 0 N–H and O–H groups in total. The molecular formula is C23H35NO4. The quantitative estimate of drug-likeness (QED) is 0.414. The van der Waals surface area contributed by atoms with Gasteiger partial charge < -0.3 is 0 Å². The van der Waals surface area contributed by atoms with Crippen molar-refractivity contribution >= 4 is 23.4 Å². The number of rotatable bonds is 10. The van der Waals surface area contributed by atoms with Crippen LogP contribution in [0.25, 0.3) is 0 Å². The molecule has 0 bridgehead atoms. The van der Waals surface area contributed by atoms with Gasteiger partial charge in [-0.1, -0.05) is 33.6 Å². The zero-order valence-electron chi connectivity index (χ0n) is 17.7. The minimum atomic E-state index is -0.249. The second-order valence-electron chi connectivity index (χ2n) is 9.39. The van der Waals surface area contributed by atoms with E-state index in [2.05, 4.69) is 0 Å². The number of imide groups is 1. The average Bonchev–Trinajstić information content (AvgIpc) is 2.96. The summed E-state index contributed by atoms with van der Waals surface area (Å²) in [6, 6.07) is 0. The van der Waals surface area contributed by atoms with E-state index in [1.165, 1.54) is 17.1 Å². The van der Waals surface area contributed by atoms with Gasteiger partial charge in [0.15, 0.2) is 0 Å². The first kappa shape index (κ1) is 22.5. The summed E-state index contributed by atoms with van der Waals surface area (Å²) in [5.41, 5.74) is -0.249. The van der Waals surface area contributed by atoms with Crippen LogP contribution in [0.4, 0.5) is 0 Å². The largest absolute Gasteiger partial charge is 0.299 e. The predicted molar refractivity (Wildman–Crippen MR) is 108 cm³/mol. The molecule has 1 heterocycles. The molecule has 2 amide bonds. The first-order valence-corrected chi connectivity index (χ1v) is 10.8. The maximum absolute atomic E-state index is 12.4. The van der Waals surface area contributed by atoms with E-state index in [4.69, 9.17) is 0 Å². The van der Waals surface area contributed by atoms with Gasteiger partial charge in [-0.25, -0.2) is 0 Å². The molecule has 156 valence electrons. The first-order valence-electron chi connectivity index (χ1n) is 10.8. The zero-order chi connectivity index (χ0) is 20.7. The van der Waals surface area contributed by atoms with Gasteiger partial charge in [0.1, 0.15) is 11.6 Å². The van der Waals surface area contributed by atoms with Crippen LogP contribution in [0, 0.1) is 17.3 Å². The fourth-order valence-electron chi connectivity index (χ4n) is 4.05. The van der Waals surface area contributed by atoms with E-state index in [-0.39, 0.29) is 23.1 Å². The van der Waals surface area contributed by atoms with Crippen molar-refractivity contribution in [3.8, 4) is 0 Å². The van der Waals surface area contributed by atoms with Crippen LogP contribution in [-0.4, -0.2) is 34.8 Å². The third-order valence-corrected chi connectivity index (χ3v) is 6.06. The zero-order valence-corrected chi connectivity index (χ0v) is 17.7. The summed E-state index contributed by atoms with van der Waals surface area (Å²) in [5, 5.41) is 0. The molecule has 0 aromatic heterocycles. The maximum atomic E-state index is 12.4. The van der Waals surface area contributed by atoms with E-state index in [9.17, 15) is 19.2 Å². The number of hydrogen-bond acceptors (Lipinski definition) is 4. The molecule has 5 heteroatoms. The van der Waals surface area contributed by atoms with Crippen molar-refractivity contribution in [2.75, 3.05) is 6.54 Å². The molecule has 0 spiro atoms. The van der Waals surface area contributed by atoms with Crippen molar-refractivity contribution in [2.45, 2.75) is 85.0 Å². The highest BCUT2D eigenvalue weighted by atomic mass is 16.2. The molecule has 0 atom stereocenters. The van der Waals surface area contributed by atoms with Gasteiger partial charge in [-0.05, 0) is 44.4 Å². The molecule has 1 fully saturated rings. The number of hydrogen-bond donors (Lipinski definition) is 0. The summed E-state index contributed by atoms with van der Waals surface area (Å²) in [4.78, 5) is 49.0. The van der Waals surface area contributed by atoms with Gasteiger partial charge in [-0.15, -0.1) is 0 Å². The Balaban J connectivity index is 1.56. The Morgan fingerprint density at radius 3 is 1.96 bits per heavy atom. The van der Waals surface area contributed by atoms with Gasteiger partial charge in [0.25, 0.3) is 11.8 Å². The molecule has 2 rings (SSSR count). The Morgan fingerprint density at radius 2 is 1.43 bits per heavy atom. The van der Waals surface area contributed by atoms with E-state index < -0.39 is 0 Å². The van der Waals surface area contributed by atoms with E-state index >= 15 is 0 Å². The van der Waals surface area contributed by atoms with Crippen molar-refractivity contribution in [3.63, 3.8) is 0 Å². The number of ketones is 2. The average molecular weight is 390 g/mol. The lowest BCUT2D eigenvalue weighted by molar-refractivity contribution is -0.138. The number of Topliss-reactive ketones (excluding diaryl/α,β-unsaturated/α-hetero) is 2. The van der Waals surface area contributed by atoms with E-state index in [1.54, 1.807) is 0 Å². The molecule has 1 aliphatic carbocycles. The molecule has 2 aliphatic rings. The van der Waals surface area contributed by atoms with Crippen LogP contribution in [0.5, 0.6) is 0 Å². The summed E-state index contributed by atoms with van der Waals surface area (Å²) < 4.78 is 0. The monoisotopic (exact) mass is 389 g/mol. The van der Waals surface area contributed by atoms with Crippen molar-refractivity contribution in [1.29, 1.82) is 0 Å². The van der Waals surface area contributed by atoms with Crippen molar-refractivity contribution in [3.05, 3.63) is 12.2 Å². The Labute approximate surface area is 168 Å². The van der Waals surface area contributed by atoms with E-state index in [1.807, 2.05) is 20.8 Å². The Hall–Kier alpha value is -1.78. The van der Waals surface area contributed by atoms with Gasteiger partial charge in [-0.2, -0.15) is 0 Å². The SMILES string of the molecule is CC(C)(C)C(=O)CCCCCCC(=O)C1CCC(CN2C(=O)C=CC2=O)CC1. The highest BCUT2D eigenvalue weighted by Gasteiger charge is 2.30. The van der Waals surface area contributed by atoms with Crippen LogP contribution in [0.15, 0.2) is 12.2 Å². The third-order valence-electron chi connectivity index (χ3n) is 6.06.